The number of sulfonamides is 1. The van der Waals surface area contributed by atoms with Gasteiger partial charge in [0.25, 0.3) is 0 Å². The van der Waals surface area contributed by atoms with Crippen molar-refractivity contribution in [3.05, 3.63) is 66.0 Å². The maximum absolute atomic E-state index is 12.9. The molecule has 1 saturated heterocycles. The molecule has 1 fully saturated rings. The number of rotatable bonds is 9. The molecule has 0 saturated carbocycles. The van der Waals surface area contributed by atoms with Crippen LogP contribution in [0.1, 0.15) is 25.2 Å². The molecular formula is C26H33N5O4S. The minimum Gasteiger partial charge on any atom is -0.467 e. The first-order valence-electron chi connectivity index (χ1n) is 12.1. The van der Waals surface area contributed by atoms with E-state index in [2.05, 4.69) is 10.2 Å². The maximum atomic E-state index is 12.9. The minimum absolute atomic E-state index is 0.000500. The SMILES string of the molecule is COC(=O)[C@@H](Nc1nc(CN2CCN(S(=O)(=O)Cc3ccccc3)CC2)nc2ccccc12)C(C)C. The predicted molar refractivity (Wildman–Crippen MR) is 140 cm³/mol. The lowest BCUT2D eigenvalue weighted by atomic mass is 10.0. The molecule has 0 bridgehead atoms. The lowest BCUT2D eigenvalue weighted by Crippen LogP contribution is -2.48. The van der Waals surface area contributed by atoms with Gasteiger partial charge >= 0.3 is 5.97 Å². The number of carbonyl (C=O) groups is 1. The van der Waals surface area contributed by atoms with Crippen molar-refractivity contribution in [1.82, 2.24) is 19.2 Å². The van der Waals surface area contributed by atoms with Gasteiger partial charge in [-0.05, 0) is 23.6 Å². The van der Waals surface area contributed by atoms with Crippen LogP contribution in [0.5, 0.6) is 0 Å². The molecule has 0 aliphatic carbocycles. The number of piperazine rings is 1. The summed E-state index contributed by atoms with van der Waals surface area (Å²) in [5.74, 6) is 0.865. The number of benzene rings is 2. The second-order valence-electron chi connectivity index (χ2n) is 9.31. The van der Waals surface area contributed by atoms with E-state index in [1.165, 1.54) is 7.11 Å². The zero-order chi connectivity index (χ0) is 25.7. The van der Waals surface area contributed by atoms with Gasteiger partial charge in [0, 0.05) is 31.6 Å². The second-order valence-corrected chi connectivity index (χ2v) is 11.3. The number of hydrogen-bond acceptors (Lipinski definition) is 8. The van der Waals surface area contributed by atoms with Crippen LogP contribution in [0, 0.1) is 5.92 Å². The summed E-state index contributed by atoms with van der Waals surface area (Å²) >= 11 is 0. The number of methoxy groups -OCH3 is 1. The lowest BCUT2D eigenvalue weighted by molar-refractivity contribution is -0.142. The standard InChI is InChI=1S/C26H33N5O4S/c1-19(2)24(26(32)35-3)29-25-21-11-7-8-12-22(21)27-23(28-25)17-30-13-15-31(16-14-30)36(33,34)18-20-9-5-4-6-10-20/h4-12,19,24H,13-18H2,1-3H3,(H,27,28,29)/t24-/m0/s1. The molecule has 1 aromatic heterocycles. The summed E-state index contributed by atoms with van der Waals surface area (Å²) in [7, 11) is -2.00. The Bertz CT molecular complexity index is 1290. The maximum Gasteiger partial charge on any atom is 0.328 e. The van der Waals surface area contributed by atoms with Crippen LogP contribution in [0.3, 0.4) is 0 Å². The van der Waals surface area contributed by atoms with Crippen LogP contribution in [0.25, 0.3) is 10.9 Å². The predicted octanol–water partition coefficient (Wildman–Crippen LogP) is 2.89. The molecule has 0 spiro atoms. The molecule has 192 valence electrons. The number of para-hydroxylation sites is 1. The average Bonchev–Trinajstić information content (AvgIpc) is 2.87. The van der Waals surface area contributed by atoms with E-state index in [0.717, 1.165) is 16.5 Å². The fraction of sp³-hybridized carbons (Fsp3) is 0.423. The minimum atomic E-state index is -3.38. The summed E-state index contributed by atoms with van der Waals surface area (Å²) in [6.07, 6.45) is 0. The highest BCUT2D eigenvalue weighted by atomic mass is 32.2. The molecular weight excluding hydrogens is 478 g/mol. The van der Waals surface area contributed by atoms with E-state index in [4.69, 9.17) is 14.7 Å². The smallest absolute Gasteiger partial charge is 0.328 e. The van der Waals surface area contributed by atoms with Crippen LogP contribution in [-0.4, -0.2) is 72.9 Å². The molecule has 3 aromatic rings. The summed E-state index contributed by atoms with van der Waals surface area (Å²) in [5, 5.41) is 4.09. The zero-order valence-electron chi connectivity index (χ0n) is 20.9. The Kier molecular flexibility index (Phi) is 8.17. The van der Waals surface area contributed by atoms with Crippen molar-refractivity contribution in [3.63, 3.8) is 0 Å². The number of nitrogens with one attached hydrogen (secondary N) is 1. The monoisotopic (exact) mass is 511 g/mol. The van der Waals surface area contributed by atoms with Crippen molar-refractivity contribution in [2.75, 3.05) is 38.6 Å². The number of ether oxygens (including phenoxy) is 1. The van der Waals surface area contributed by atoms with Gasteiger partial charge in [0.05, 0.1) is 24.9 Å². The Hall–Kier alpha value is -3.08. The molecule has 4 rings (SSSR count). The third-order valence-corrected chi connectivity index (χ3v) is 8.20. The summed E-state index contributed by atoms with van der Waals surface area (Å²) in [6, 6.07) is 16.4. The Morgan fingerprint density at radius 3 is 2.33 bits per heavy atom. The molecule has 1 atom stereocenters. The summed E-state index contributed by atoms with van der Waals surface area (Å²) in [4.78, 5) is 24.0. The van der Waals surface area contributed by atoms with E-state index in [1.807, 2.05) is 68.4 Å². The highest BCUT2D eigenvalue weighted by Gasteiger charge is 2.28. The van der Waals surface area contributed by atoms with Gasteiger partial charge in [0.15, 0.2) is 0 Å². The number of aromatic nitrogens is 2. The lowest BCUT2D eigenvalue weighted by Gasteiger charge is -2.33. The van der Waals surface area contributed by atoms with Gasteiger partial charge in [0.2, 0.25) is 10.0 Å². The highest BCUT2D eigenvalue weighted by Crippen LogP contribution is 2.23. The third kappa shape index (κ3) is 6.18. The number of anilines is 1. The third-order valence-electron chi connectivity index (χ3n) is 6.35. The number of nitrogens with zero attached hydrogens (tertiary/aromatic N) is 4. The van der Waals surface area contributed by atoms with Crippen LogP contribution in [0.4, 0.5) is 5.82 Å². The van der Waals surface area contributed by atoms with Gasteiger partial charge in [-0.25, -0.2) is 23.2 Å². The summed E-state index contributed by atoms with van der Waals surface area (Å²) < 4.78 is 32.3. The van der Waals surface area contributed by atoms with Crippen LogP contribution in [0.2, 0.25) is 0 Å². The average molecular weight is 512 g/mol. The van der Waals surface area contributed by atoms with Crippen LogP contribution >= 0.6 is 0 Å². The van der Waals surface area contributed by atoms with Gasteiger partial charge in [-0.1, -0.05) is 56.3 Å². The molecule has 0 amide bonds. The molecule has 36 heavy (non-hydrogen) atoms. The molecule has 0 radical (unpaired) electrons. The van der Waals surface area contributed by atoms with Crippen LogP contribution < -0.4 is 5.32 Å². The quantitative estimate of drug-likeness (QED) is 0.438. The van der Waals surface area contributed by atoms with Gasteiger partial charge in [-0.2, -0.15) is 4.31 Å². The summed E-state index contributed by atoms with van der Waals surface area (Å²) in [6.45, 7) is 6.40. The number of carbonyl (C=O) groups excluding carboxylic acids is 1. The zero-order valence-corrected chi connectivity index (χ0v) is 21.7. The number of fused-ring (bicyclic) bond motifs is 1. The molecule has 2 heterocycles. The van der Waals surface area contributed by atoms with Crippen molar-refractivity contribution in [1.29, 1.82) is 0 Å². The molecule has 1 aliphatic heterocycles. The van der Waals surface area contributed by atoms with E-state index in [9.17, 15) is 13.2 Å². The topological polar surface area (TPSA) is 105 Å². The Labute approximate surface area is 212 Å². The molecule has 2 aromatic carbocycles. The van der Waals surface area contributed by atoms with Gasteiger partial charge in [-0.15, -0.1) is 0 Å². The summed E-state index contributed by atoms with van der Waals surface area (Å²) in [5.41, 5.74) is 1.57. The molecule has 10 heteroatoms. The Balaban J connectivity index is 1.47. The van der Waals surface area contributed by atoms with Crippen molar-refractivity contribution < 1.29 is 17.9 Å². The Morgan fingerprint density at radius 2 is 1.67 bits per heavy atom. The van der Waals surface area contributed by atoms with E-state index in [1.54, 1.807) is 4.31 Å². The van der Waals surface area contributed by atoms with Gasteiger partial charge < -0.3 is 10.1 Å². The second kappa shape index (κ2) is 11.3. The molecule has 0 unspecified atom stereocenters. The normalized spacial score (nSPS) is 16.2. The molecule has 1 aliphatic rings. The molecule has 9 nitrogen and oxygen atoms in total. The van der Waals surface area contributed by atoms with Crippen molar-refractivity contribution >= 4 is 32.7 Å². The van der Waals surface area contributed by atoms with Crippen LogP contribution in [-0.2, 0) is 31.9 Å². The first kappa shape index (κ1) is 26.0. The van der Waals surface area contributed by atoms with Gasteiger partial charge in [0.1, 0.15) is 17.7 Å². The van der Waals surface area contributed by atoms with Gasteiger partial charge in [-0.3, -0.25) is 4.90 Å². The first-order chi connectivity index (χ1) is 17.3. The number of esters is 1. The van der Waals surface area contributed by atoms with E-state index in [-0.39, 0.29) is 17.6 Å². The van der Waals surface area contributed by atoms with Crippen molar-refractivity contribution in [3.8, 4) is 0 Å². The van der Waals surface area contributed by atoms with Crippen molar-refractivity contribution in [2.24, 2.45) is 5.92 Å². The van der Waals surface area contributed by atoms with E-state index in [0.29, 0.717) is 44.4 Å². The largest absolute Gasteiger partial charge is 0.467 e. The fourth-order valence-corrected chi connectivity index (χ4v) is 5.84. The molecule has 1 N–H and O–H groups in total. The van der Waals surface area contributed by atoms with E-state index >= 15 is 0 Å². The Morgan fingerprint density at radius 1 is 1.00 bits per heavy atom. The van der Waals surface area contributed by atoms with Crippen LogP contribution in [0.15, 0.2) is 54.6 Å². The fourth-order valence-electron chi connectivity index (χ4n) is 4.32. The highest BCUT2D eigenvalue weighted by molar-refractivity contribution is 7.88. The van der Waals surface area contributed by atoms with E-state index < -0.39 is 16.1 Å². The first-order valence-corrected chi connectivity index (χ1v) is 13.7. The number of hydrogen-bond donors (Lipinski definition) is 1. The van der Waals surface area contributed by atoms with Crippen molar-refractivity contribution in [2.45, 2.75) is 32.2 Å².